The van der Waals surface area contributed by atoms with Crippen LogP contribution in [0.1, 0.15) is 28.8 Å². The van der Waals surface area contributed by atoms with Crippen LogP contribution < -0.4 is 4.74 Å². The summed E-state index contributed by atoms with van der Waals surface area (Å²) in [6.45, 7) is 2.07. The summed E-state index contributed by atoms with van der Waals surface area (Å²) in [7, 11) is 0. The van der Waals surface area contributed by atoms with E-state index < -0.39 is 15.3 Å². The zero-order valence-electron chi connectivity index (χ0n) is 13.9. The summed E-state index contributed by atoms with van der Waals surface area (Å²) < 4.78 is 18.9. The Hall–Kier alpha value is -1.55. The number of thiophene rings is 1. The van der Waals surface area contributed by atoms with Gasteiger partial charge in [-0.3, -0.25) is 0 Å². The van der Waals surface area contributed by atoms with Gasteiger partial charge in [0.25, 0.3) is 0 Å². The summed E-state index contributed by atoms with van der Waals surface area (Å²) in [5.41, 5.74) is 0.593. The van der Waals surface area contributed by atoms with E-state index in [1.165, 1.54) is 12.1 Å². The van der Waals surface area contributed by atoms with Crippen molar-refractivity contribution in [2.75, 3.05) is 0 Å². The van der Waals surface area contributed by atoms with Gasteiger partial charge in [0.05, 0.1) is 10.3 Å². The zero-order valence-corrected chi connectivity index (χ0v) is 16.2. The van der Waals surface area contributed by atoms with Gasteiger partial charge < -0.3 is 4.74 Å². The lowest BCUT2D eigenvalue weighted by Gasteiger charge is -2.36. The third kappa shape index (κ3) is 1.77. The first-order valence-corrected chi connectivity index (χ1v) is 10.0. The standard InChI is InChI=1S/C21H15Cl2FOS/c1-19-18(13-8-10-14(24)11-9-13)15-5-2-3-6-16(15)25-20(19,21(19,22)23)17-7-4-12-26-17/h2-12,18H,1H3/t18-,19+,20+/m1/s1. The van der Waals surface area contributed by atoms with Gasteiger partial charge in [-0.1, -0.05) is 66.5 Å². The predicted octanol–water partition coefficient (Wildman–Crippen LogP) is 6.50. The number of alkyl halides is 2. The molecule has 1 saturated carbocycles. The normalized spacial score (nSPS) is 30.8. The molecular weight excluding hydrogens is 390 g/mol. The molecule has 0 unspecified atom stereocenters. The lowest BCUT2D eigenvalue weighted by atomic mass is 9.75. The number of ether oxygens (including phenoxy) is 1. The van der Waals surface area contributed by atoms with Crippen LogP contribution in [0, 0.1) is 11.2 Å². The van der Waals surface area contributed by atoms with Crippen molar-refractivity contribution in [1.82, 2.24) is 0 Å². The molecule has 0 spiro atoms. The van der Waals surface area contributed by atoms with Gasteiger partial charge in [0.1, 0.15) is 11.6 Å². The van der Waals surface area contributed by atoms with Crippen LogP contribution in [0.5, 0.6) is 5.75 Å². The third-order valence-corrected chi connectivity index (χ3v) is 8.19. The second-order valence-electron chi connectivity index (χ2n) is 7.06. The van der Waals surface area contributed by atoms with Crippen molar-refractivity contribution in [2.24, 2.45) is 5.41 Å². The maximum Gasteiger partial charge on any atom is 0.186 e. The van der Waals surface area contributed by atoms with Crippen LogP contribution in [0.2, 0.25) is 0 Å². The molecule has 2 aromatic carbocycles. The van der Waals surface area contributed by atoms with Gasteiger partial charge in [-0.05, 0) is 35.2 Å². The highest BCUT2D eigenvalue weighted by Crippen LogP contribution is 2.85. The molecule has 1 aliphatic heterocycles. The molecular formula is C21H15Cl2FOS. The highest BCUT2D eigenvalue weighted by molar-refractivity contribution is 7.10. The minimum atomic E-state index is -1.11. The lowest BCUT2D eigenvalue weighted by molar-refractivity contribution is 0.105. The maximum atomic E-state index is 13.5. The Kier molecular flexibility index (Phi) is 3.35. The first-order valence-electron chi connectivity index (χ1n) is 8.39. The first kappa shape index (κ1) is 16.6. The minimum Gasteiger partial charge on any atom is -0.477 e. The molecule has 5 heteroatoms. The topological polar surface area (TPSA) is 9.23 Å². The van der Waals surface area contributed by atoms with E-state index >= 15 is 0 Å². The SMILES string of the molecule is C[C@]12[C@H](c3ccc(F)cc3)c3ccccc3O[C@]1(c1cccs1)C2(Cl)Cl. The molecule has 1 nitrogen and oxygen atoms in total. The maximum absolute atomic E-state index is 13.5. The van der Waals surface area contributed by atoms with Crippen molar-refractivity contribution in [2.45, 2.75) is 22.8 Å². The molecule has 132 valence electrons. The highest BCUT2D eigenvalue weighted by Gasteiger charge is 2.92. The van der Waals surface area contributed by atoms with Gasteiger partial charge in [0, 0.05) is 11.5 Å². The lowest BCUT2D eigenvalue weighted by Crippen LogP contribution is -2.32. The highest BCUT2D eigenvalue weighted by atomic mass is 35.5. The molecule has 0 radical (unpaired) electrons. The van der Waals surface area contributed by atoms with Crippen molar-refractivity contribution >= 4 is 34.5 Å². The number of hydrogen-bond donors (Lipinski definition) is 0. The van der Waals surface area contributed by atoms with Crippen molar-refractivity contribution in [1.29, 1.82) is 0 Å². The van der Waals surface area contributed by atoms with Crippen molar-refractivity contribution in [3.05, 3.63) is 87.9 Å². The van der Waals surface area contributed by atoms with Gasteiger partial charge >= 0.3 is 0 Å². The van der Waals surface area contributed by atoms with E-state index in [1.54, 1.807) is 11.3 Å². The molecule has 0 amide bonds. The summed E-state index contributed by atoms with van der Waals surface area (Å²) in [5, 5.41) is 2.00. The summed E-state index contributed by atoms with van der Waals surface area (Å²) in [5.74, 6) is 0.406. The van der Waals surface area contributed by atoms with Gasteiger partial charge in [0.15, 0.2) is 9.93 Å². The van der Waals surface area contributed by atoms with Crippen LogP contribution in [-0.2, 0) is 5.60 Å². The van der Waals surface area contributed by atoms with Crippen LogP contribution in [0.3, 0.4) is 0 Å². The fourth-order valence-electron chi connectivity index (χ4n) is 4.57. The second kappa shape index (κ2) is 5.25. The van der Waals surface area contributed by atoms with Crippen LogP contribution in [0.25, 0.3) is 0 Å². The molecule has 0 bridgehead atoms. The van der Waals surface area contributed by atoms with Gasteiger partial charge in [-0.15, -0.1) is 11.3 Å². The third-order valence-electron chi connectivity index (χ3n) is 5.91. The van der Waals surface area contributed by atoms with Crippen LogP contribution >= 0.6 is 34.5 Å². The van der Waals surface area contributed by atoms with Gasteiger partial charge in [-0.2, -0.15) is 0 Å². The number of fused-ring (bicyclic) bond motifs is 2. The number of para-hydroxylation sites is 1. The van der Waals surface area contributed by atoms with Gasteiger partial charge in [-0.25, -0.2) is 4.39 Å². The Morgan fingerprint density at radius 3 is 2.42 bits per heavy atom. The van der Waals surface area contributed by atoms with E-state index in [1.807, 2.05) is 53.9 Å². The van der Waals surface area contributed by atoms with Gasteiger partial charge in [0.2, 0.25) is 0 Å². The Balaban J connectivity index is 1.79. The molecule has 0 saturated heterocycles. The van der Waals surface area contributed by atoms with Crippen LogP contribution in [-0.4, -0.2) is 4.33 Å². The van der Waals surface area contributed by atoms with Crippen LogP contribution in [0.15, 0.2) is 66.0 Å². The average Bonchev–Trinajstić information content (AvgIpc) is 3.02. The molecule has 1 fully saturated rings. The Morgan fingerprint density at radius 2 is 1.73 bits per heavy atom. The smallest absolute Gasteiger partial charge is 0.186 e. The first-order chi connectivity index (χ1) is 12.4. The summed E-state index contributed by atoms with van der Waals surface area (Å²) in [6.07, 6.45) is 0. The van der Waals surface area contributed by atoms with E-state index in [0.717, 1.165) is 21.8 Å². The molecule has 2 aliphatic rings. The van der Waals surface area contributed by atoms with E-state index in [0.29, 0.717) is 0 Å². The summed E-state index contributed by atoms with van der Waals surface area (Å²) >= 11 is 15.5. The van der Waals surface area contributed by atoms with E-state index in [2.05, 4.69) is 6.92 Å². The summed E-state index contributed by atoms with van der Waals surface area (Å²) in [6, 6.07) is 18.5. The van der Waals surface area contributed by atoms with Crippen molar-refractivity contribution < 1.29 is 9.13 Å². The van der Waals surface area contributed by atoms with Crippen molar-refractivity contribution in [3.8, 4) is 5.75 Å². The molecule has 3 atom stereocenters. The Bertz CT molecular complexity index is 986. The largest absolute Gasteiger partial charge is 0.477 e. The molecule has 1 aromatic heterocycles. The molecule has 5 rings (SSSR count). The Labute approximate surface area is 165 Å². The average molecular weight is 405 g/mol. The monoisotopic (exact) mass is 404 g/mol. The fourth-order valence-corrected chi connectivity index (χ4v) is 6.78. The number of rotatable bonds is 2. The number of halogens is 3. The number of benzene rings is 2. The zero-order chi connectivity index (χ0) is 18.2. The quantitative estimate of drug-likeness (QED) is 0.442. The molecule has 0 N–H and O–H groups in total. The van der Waals surface area contributed by atoms with E-state index in [-0.39, 0.29) is 11.7 Å². The van der Waals surface area contributed by atoms with Crippen molar-refractivity contribution in [3.63, 3.8) is 0 Å². The second-order valence-corrected chi connectivity index (χ2v) is 9.33. The van der Waals surface area contributed by atoms with E-state index in [4.69, 9.17) is 27.9 Å². The minimum absolute atomic E-state index is 0.106. The number of hydrogen-bond acceptors (Lipinski definition) is 2. The predicted molar refractivity (Wildman–Crippen MR) is 104 cm³/mol. The molecule has 1 aliphatic carbocycles. The molecule has 26 heavy (non-hydrogen) atoms. The van der Waals surface area contributed by atoms with Crippen LogP contribution in [0.4, 0.5) is 4.39 Å². The Morgan fingerprint density at radius 1 is 1.00 bits per heavy atom. The fraction of sp³-hybridized carbons (Fsp3) is 0.238. The molecule has 3 aromatic rings. The molecule has 2 heterocycles. The van der Waals surface area contributed by atoms with E-state index in [9.17, 15) is 4.39 Å². The summed E-state index contributed by atoms with van der Waals surface area (Å²) in [4.78, 5) is 1.01.